The van der Waals surface area contributed by atoms with Crippen molar-refractivity contribution in [3.63, 3.8) is 0 Å². The first-order chi connectivity index (χ1) is 6.18. The van der Waals surface area contributed by atoms with E-state index in [1.807, 2.05) is 13.8 Å². The topological polar surface area (TPSA) is 51.2 Å². The van der Waals surface area contributed by atoms with Crippen molar-refractivity contribution in [2.24, 2.45) is 0 Å². The van der Waals surface area contributed by atoms with Crippen LogP contribution in [0.2, 0.25) is 0 Å². The fourth-order valence-corrected chi connectivity index (χ4v) is 0.772. The smallest absolute Gasteiger partial charge is 0.115 e. The summed E-state index contributed by atoms with van der Waals surface area (Å²) in [6.45, 7) is 6.82. The van der Waals surface area contributed by atoms with E-state index in [1.54, 1.807) is 0 Å². The van der Waals surface area contributed by atoms with E-state index < -0.39 is 6.10 Å². The number of hydrogen-bond donors (Lipinski definition) is 1. The average Bonchev–Trinajstić information content (AvgIpc) is 2.84. The van der Waals surface area contributed by atoms with E-state index >= 15 is 0 Å². The summed E-state index contributed by atoms with van der Waals surface area (Å²) in [5.41, 5.74) is 0. The van der Waals surface area contributed by atoms with Gasteiger partial charge < -0.3 is 19.3 Å². The molecule has 0 aromatic heterocycles. The minimum atomic E-state index is -0.652. The Morgan fingerprint density at radius 3 is 2.85 bits per heavy atom. The first-order valence-corrected chi connectivity index (χ1v) is 4.54. The molecule has 2 unspecified atom stereocenters. The molecular weight excluding hydrogens is 172 g/mol. The van der Waals surface area contributed by atoms with Gasteiger partial charge in [0.1, 0.15) is 18.8 Å². The Kier molecular flexibility index (Phi) is 4.66. The van der Waals surface area contributed by atoms with Gasteiger partial charge >= 0.3 is 0 Å². The summed E-state index contributed by atoms with van der Waals surface area (Å²) >= 11 is 0. The van der Waals surface area contributed by atoms with Crippen LogP contribution in [0.5, 0.6) is 0 Å². The molecule has 1 N–H and O–H groups in total. The van der Waals surface area contributed by atoms with Crippen LogP contribution in [0.4, 0.5) is 0 Å². The maximum atomic E-state index is 9.28. The second-order valence-electron chi connectivity index (χ2n) is 3.38. The lowest BCUT2D eigenvalue weighted by Gasteiger charge is -2.12. The van der Waals surface area contributed by atoms with E-state index in [-0.39, 0.29) is 18.8 Å². The quantitative estimate of drug-likeness (QED) is 0.587. The van der Waals surface area contributed by atoms with Crippen LogP contribution in [-0.2, 0) is 14.2 Å². The minimum absolute atomic E-state index is 0.0985. The average molecular weight is 189 g/mol. The van der Waals surface area contributed by atoms with Crippen molar-refractivity contribution in [2.75, 3.05) is 19.8 Å². The summed E-state index contributed by atoms with van der Waals surface area (Å²) in [7, 11) is 0. The predicted molar refractivity (Wildman–Crippen MR) is 47.1 cm³/mol. The highest BCUT2D eigenvalue weighted by molar-refractivity contribution is 4.70. The van der Waals surface area contributed by atoms with Crippen LogP contribution in [0.15, 0.2) is 0 Å². The third-order valence-corrected chi connectivity index (χ3v) is 1.50. The van der Waals surface area contributed by atoms with Crippen molar-refractivity contribution < 1.29 is 19.3 Å². The van der Waals surface area contributed by atoms with Gasteiger partial charge in [0.25, 0.3) is 0 Å². The zero-order valence-electron chi connectivity index (χ0n) is 8.10. The monoisotopic (exact) mass is 189 g/mol. The van der Waals surface area contributed by atoms with Gasteiger partial charge in [0.2, 0.25) is 0 Å². The van der Waals surface area contributed by atoms with E-state index in [1.165, 1.54) is 6.61 Å². The Morgan fingerprint density at radius 2 is 2.31 bits per heavy atom. The molecule has 1 rings (SSSR count). The van der Waals surface area contributed by atoms with Crippen molar-refractivity contribution in [2.45, 2.75) is 32.2 Å². The van der Waals surface area contributed by atoms with Crippen LogP contribution < -0.4 is 0 Å². The lowest BCUT2D eigenvalue weighted by atomic mass is 10.4. The molecular formula is C9H17O4. The van der Waals surface area contributed by atoms with Gasteiger partial charge in [-0.25, -0.2) is 0 Å². The largest absolute Gasteiger partial charge is 0.388 e. The fraction of sp³-hybridized carbons (Fsp3) is 0.889. The molecule has 0 amide bonds. The van der Waals surface area contributed by atoms with Gasteiger partial charge in [0, 0.05) is 0 Å². The van der Waals surface area contributed by atoms with E-state index in [2.05, 4.69) is 0 Å². The zero-order chi connectivity index (χ0) is 9.68. The van der Waals surface area contributed by atoms with Crippen LogP contribution >= 0.6 is 0 Å². The molecule has 0 spiro atoms. The van der Waals surface area contributed by atoms with E-state index in [9.17, 15) is 5.11 Å². The molecule has 1 fully saturated rings. The van der Waals surface area contributed by atoms with Gasteiger partial charge in [-0.1, -0.05) is 0 Å². The molecule has 1 saturated heterocycles. The van der Waals surface area contributed by atoms with Gasteiger partial charge in [-0.05, 0) is 13.8 Å². The summed E-state index contributed by atoms with van der Waals surface area (Å²) in [6.07, 6.45) is -0.305. The van der Waals surface area contributed by atoms with Gasteiger partial charge in [-0.2, -0.15) is 0 Å². The molecule has 0 aliphatic carbocycles. The molecule has 1 aliphatic heterocycles. The second-order valence-corrected chi connectivity index (χ2v) is 3.38. The van der Waals surface area contributed by atoms with Crippen LogP contribution in [0.3, 0.4) is 0 Å². The van der Waals surface area contributed by atoms with Crippen molar-refractivity contribution in [1.29, 1.82) is 0 Å². The van der Waals surface area contributed by atoms with Crippen molar-refractivity contribution in [3.8, 4) is 0 Å². The normalized spacial score (nSPS) is 23.5. The molecule has 77 valence electrons. The molecule has 2 atom stereocenters. The number of rotatable bonds is 7. The summed E-state index contributed by atoms with van der Waals surface area (Å²) < 4.78 is 15.2. The number of ether oxygens (including phenoxy) is 3. The van der Waals surface area contributed by atoms with E-state index in [4.69, 9.17) is 14.2 Å². The maximum Gasteiger partial charge on any atom is 0.115 e. The molecule has 0 saturated carbocycles. The molecule has 1 heterocycles. The number of hydrogen-bond acceptors (Lipinski definition) is 4. The number of aliphatic hydroxyl groups is 1. The molecule has 1 aliphatic rings. The Hall–Kier alpha value is -0.160. The van der Waals surface area contributed by atoms with Crippen LogP contribution in [0, 0.1) is 6.61 Å². The third kappa shape index (κ3) is 5.99. The fourth-order valence-electron chi connectivity index (χ4n) is 0.772. The lowest BCUT2D eigenvalue weighted by molar-refractivity contribution is -0.00124. The summed E-state index contributed by atoms with van der Waals surface area (Å²) in [4.78, 5) is 0. The molecule has 0 aromatic rings. The Bertz CT molecular complexity index is 134. The van der Waals surface area contributed by atoms with Gasteiger partial charge in [-0.3, -0.25) is 0 Å². The van der Waals surface area contributed by atoms with Crippen LogP contribution in [0.1, 0.15) is 13.8 Å². The molecule has 1 radical (unpaired) electrons. The molecule has 4 heteroatoms. The van der Waals surface area contributed by atoms with Gasteiger partial charge in [-0.15, -0.1) is 0 Å². The number of aliphatic hydroxyl groups excluding tert-OH is 1. The van der Waals surface area contributed by atoms with Gasteiger partial charge in [0.15, 0.2) is 0 Å². The first kappa shape index (κ1) is 10.9. The highest BCUT2D eigenvalue weighted by Crippen LogP contribution is 2.08. The van der Waals surface area contributed by atoms with E-state index in [0.29, 0.717) is 6.61 Å². The Balaban J connectivity index is 1.87. The summed E-state index contributed by atoms with van der Waals surface area (Å²) in [5.74, 6) is 0. The molecule has 0 aromatic carbocycles. The third-order valence-electron chi connectivity index (χ3n) is 1.50. The standard InChI is InChI=1S/C9H17O4/c1-7(2)12-4-8(10)3-11-5-9-6-13-9/h4,7-10H,3,5-6H2,1-2H3. The highest BCUT2D eigenvalue weighted by Gasteiger charge is 2.22. The maximum absolute atomic E-state index is 9.28. The van der Waals surface area contributed by atoms with Crippen molar-refractivity contribution >= 4 is 0 Å². The van der Waals surface area contributed by atoms with E-state index in [0.717, 1.165) is 6.61 Å². The van der Waals surface area contributed by atoms with Gasteiger partial charge in [0.05, 0.1) is 25.9 Å². The van der Waals surface area contributed by atoms with Crippen molar-refractivity contribution in [3.05, 3.63) is 6.61 Å². The van der Waals surface area contributed by atoms with Crippen molar-refractivity contribution in [1.82, 2.24) is 0 Å². The molecule has 4 nitrogen and oxygen atoms in total. The summed E-state index contributed by atoms with van der Waals surface area (Å²) in [6, 6.07) is 0. The van der Waals surface area contributed by atoms with Crippen LogP contribution in [-0.4, -0.2) is 43.2 Å². The molecule has 0 bridgehead atoms. The minimum Gasteiger partial charge on any atom is -0.388 e. The number of epoxide rings is 1. The Labute approximate surface area is 78.8 Å². The molecule has 13 heavy (non-hydrogen) atoms. The predicted octanol–water partition coefficient (Wildman–Crippen LogP) is 0.349. The SMILES string of the molecule is CC(C)O[CH]C(O)COCC1CO1. The second kappa shape index (κ2) is 5.54. The van der Waals surface area contributed by atoms with Crippen LogP contribution in [0.25, 0.3) is 0 Å². The zero-order valence-corrected chi connectivity index (χ0v) is 8.10. The first-order valence-electron chi connectivity index (χ1n) is 4.54. The lowest BCUT2D eigenvalue weighted by Crippen LogP contribution is -2.20. The Morgan fingerprint density at radius 1 is 1.62 bits per heavy atom. The summed E-state index contributed by atoms with van der Waals surface area (Å²) in [5, 5.41) is 9.28. The highest BCUT2D eigenvalue weighted by atomic mass is 16.6.